The van der Waals surface area contributed by atoms with Crippen LogP contribution in [0.2, 0.25) is 0 Å². The van der Waals surface area contributed by atoms with Crippen molar-refractivity contribution in [2.24, 2.45) is 5.92 Å². The summed E-state index contributed by atoms with van der Waals surface area (Å²) in [6.45, 7) is 2.32. The molecule has 2 heterocycles. The molecule has 1 aliphatic carbocycles. The number of thiophene rings is 1. The van der Waals surface area contributed by atoms with Crippen LogP contribution in [0.5, 0.6) is 0 Å². The lowest BCUT2D eigenvalue weighted by Crippen LogP contribution is -2.08. The number of fused-ring (bicyclic) bond motifs is 3. The van der Waals surface area contributed by atoms with Crippen molar-refractivity contribution in [3.8, 4) is 22.4 Å². The van der Waals surface area contributed by atoms with E-state index in [2.05, 4.69) is 37.3 Å². The Balaban J connectivity index is 0.00000192. The van der Waals surface area contributed by atoms with E-state index in [9.17, 15) is 4.39 Å². The Morgan fingerprint density at radius 3 is 2.54 bits per heavy atom. The van der Waals surface area contributed by atoms with E-state index in [1.165, 1.54) is 39.4 Å². The fourth-order valence-electron chi connectivity index (χ4n) is 4.10. The topological polar surface area (TPSA) is 12.9 Å². The van der Waals surface area contributed by atoms with Gasteiger partial charge in [0.15, 0.2) is 0 Å². The molecular weight excluding hydrogens is 389 g/mol. The first-order valence-electron chi connectivity index (χ1n) is 9.46. The standard InChI is InChI=1S/C24H20FNS.ClH/c1-15-11-12-18-22(13-15)27-24-23(18)19(16-7-3-2-4-8-16)14-21(26-24)17-9-5-6-10-20(17)25;/h2-10,14-15H,11-13H2,1H3;1H. The molecule has 142 valence electrons. The molecule has 5 rings (SSSR count). The summed E-state index contributed by atoms with van der Waals surface area (Å²) in [6, 6.07) is 19.4. The Hall–Kier alpha value is -2.23. The average molecular weight is 410 g/mol. The predicted octanol–water partition coefficient (Wildman–Crippen LogP) is 7.32. The van der Waals surface area contributed by atoms with Crippen molar-refractivity contribution in [3.63, 3.8) is 0 Å². The fourth-order valence-corrected chi connectivity index (χ4v) is 5.50. The number of aromatic nitrogens is 1. The zero-order chi connectivity index (χ0) is 18.4. The van der Waals surface area contributed by atoms with Gasteiger partial charge in [-0.1, -0.05) is 49.4 Å². The molecule has 1 unspecified atom stereocenters. The minimum absolute atomic E-state index is 0. The number of hydrogen-bond donors (Lipinski definition) is 0. The second kappa shape index (κ2) is 7.65. The van der Waals surface area contributed by atoms with Crippen LogP contribution in [0.1, 0.15) is 23.8 Å². The van der Waals surface area contributed by atoms with Crippen LogP contribution in [0.3, 0.4) is 0 Å². The van der Waals surface area contributed by atoms with Crippen LogP contribution in [0, 0.1) is 11.7 Å². The molecule has 1 aliphatic rings. The molecule has 0 saturated heterocycles. The molecule has 28 heavy (non-hydrogen) atoms. The molecule has 0 bridgehead atoms. The first-order chi connectivity index (χ1) is 13.2. The molecule has 2 aromatic carbocycles. The van der Waals surface area contributed by atoms with Crippen LogP contribution in [-0.2, 0) is 12.8 Å². The van der Waals surface area contributed by atoms with Crippen molar-refractivity contribution in [3.05, 3.63) is 76.9 Å². The largest absolute Gasteiger partial charge is 0.237 e. The minimum atomic E-state index is -0.224. The summed E-state index contributed by atoms with van der Waals surface area (Å²) in [5, 5.41) is 1.27. The third-order valence-electron chi connectivity index (χ3n) is 5.50. The lowest BCUT2D eigenvalue weighted by Gasteiger charge is -2.18. The second-order valence-electron chi connectivity index (χ2n) is 7.43. The molecule has 2 aromatic heterocycles. The first kappa shape index (κ1) is 19.1. The van der Waals surface area contributed by atoms with Crippen molar-refractivity contribution < 1.29 is 4.39 Å². The van der Waals surface area contributed by atoms with Crippen LogP contribution in [-0.4, -0.2) is 4.98 Å². The normalized spacial score (nSPS) is 15.9. The predicted molar refractivity (Wildman–Crippen MR) is 119 cm³/mol. The fraction of sp³-hybridized carbons (Fsp3) is 0.208. The Morgan fingerprint density at radius 1 is 1.00 bits per heavy atom. The van der Waals surface area contributed by atoms with Crippen molar-refractivity contribution in [1.82, 2.24) is 4.98 Å². The van der Waals surface area contributed by atoms with Gasteiger partial charge < -0.3 is 0 Å². The monoisotopic (exact) mass is 409 g/mol. The quantitative estimate of drug-likeness (QED) is 0.338. The molecule has 0 fully saturated rings. The molecule has 0 spiro atoms. The highest BCUT2D eigenvalue weighted by Crippen LogP contribution is 2.43. The van der Waals surface area contributed by atoms with Gasteiger partial charge in [0.25, 0.3) is 0 Å². The van der Waals surface area contributed by atoms with E-state index in [1.54, 1.807) is 17.4 Å². The van der Waals surface area contributed by atoms with Crippen molar-refractivity contribution >= 4 is 34.0 Å². The number of hydrogen-bond acceptors (Lipinski definition) is 2. The van der Waals surface area contributed by atoms with Crippen LogP contribution >= 0.6 is 23.7 Å². The summed E-state index contributed by atoms with van der Waals surface area (Å²) in [5.41, 5.74) is 5.08. The third-order valence-corrected chi connectivity index (χ3v) is 6.65. The van der Waals surface area contributed by atoms with Gasteiger partial charge >= 0.3 is 0 Å². The molecule has 0 saturated carbocycles. The summed E-state index contributed by atoms with van der Waals surface area (Å²) in [7, 11) is 0. The second-order valence-corrected chi connectivity index (χ2v) is 8.52. The zero-order valence-electron chi connectivity index (χ0n) is 15.6. The molecule has 0 amide bonds. The van der Waals surface area contributed by atoms with Gasteiger partial charge in [0.1, 0.15) is 10.6 Å². The van der Waals surface area contributed by atoms with Gasteiger partial charge in [-0.15, -0.1) is 23.7 Å². The maximum atomic E-state index is 14.5. The highest BCUT2D eigenvalue weighted by Gasteiger charge is 2.24. The summed E-state index contributed by atoms with van der Waals surface area (Å²) < 4.78 is 14.5. The van der Waals surface area contributed by atoms with Crippen LogP contribution in [0.25, 0.3) is 32.6 Å². The zero-order valence-corrected chi connectivity index (χ0v) is 17.2. The van der Waals surface area contributed by atoms with E-state index < -0.39 is 0 Å². The van der Waals surface area contributed by atoms with Crippen molar-refractivity contribution in [2.75, 3.05) is 0 Å². The Morgan fingerprint density at radius 2 is 1.75 bits per heavy atom. The van der Waals surface area contributed by atoms with E-state index in [1.807, 2.05) is 18.2 Å². The van der Waals surface area contributed by atoms with E-state index in [0.717, 1.165) is 23.6 Å². The maximum absolute atomic E-state index is 14.5. The third kappa shape index (κ3) is 3.23. The molecule has 1 nitrogen and oxygen atoms in total. The van der Waals surface area contributed by atoms with Gasteiger partial charge in [-0.05, 0) is 60.1 Å². The summed E-state index contributed by atoms with van der Waals surface area (Å²) in [6.07, 6.45) is 3.46. The van der Waals surface area contributed by atoms with E-state index in [0.29, 0.717) is 11.3 Å². The van der Waals surface area contributed by atoms with Gasteiger partial charge in [0.2, 0.25) is 0 Å². The molecular formula is C24H21ClFNS. The number of rotatable bonds is 2. The first-order valence-corrected chi connectivity index (χ1v) is 10.3. The van der Waals surface area contributed by atoms with Gasteiger partial charge in [-0.2, -0.15) is 0 Å². The highest BCUT2D eigenvalue weighted by atomic mass is 35.5. The summed E-state index contributed by atoms with van der Waals surface area (Å²) in [5.74, 6) is 0.495. The van der Waals surface area contributed by atoms with E-state index >= 15 is 0 Å². The van der Waals surface area contributed by atoms with Gasteiger partial charge in [0, 0.05) is 15.8 Å². The molecule has 1 atom stereocenters. The molecule has 4 aromatic rings. The number of halogens is 2. The van der Waals surface area contributed by atoms with Gasteiger partial charge in [0.05, 0.1) is 5.69 Å². The Labute approximate surface area is 174 Å². The highest BCUT2D eigenvalue weighted by molar-refractivity contribution is 7.19. The summed E-state index contributed by atoms with van der Waals surface area (Å²) >= 11 is 1.79. The molecule has 0 aliphatic heterocycles. The number of pyridine rings is 1. The smallest absolute Gasteiger partial charge is 0.132 e. The Bertz CT molecular complexity index is 1140. The SMILES string of the molecule is CC1CCc2c(sc3nc(-c4ccccc4F)cc(-c4ccccc4)c23)C1.Cl. The lowest BCUT2D eigenvalue weighted by atomic mass is 9.87. The van der Waals surface area contributed by atoms with Crippen LogP contribution in [0.4, 0.5) is 4.39 Å². The number of nitrogens with zero attached hydrogens (tertiary/aromatic N) is 1. The van der Waals surface area contributed by atoms with E-state index in [-0.39, 0.29) is 18.2 Å². The lowest BCUT2D eigenvalue weighted by molar-refractivity contribution is 0.509. The van der Waals surface area contributed by atoms with Crippen LogP contribution in [0.15, 0.2) is 60.7 Å². The summed E-state index contributed by atoms with van der Waals surface area (Å²) in [4.78, 5) is 7.39. The maximum Gasteiger partial charge on any atom is 0.132 e. The molecule has 0 N–H and O–H groups in total. The molecule has 0 radical (unpaired) electrons. The van der Waals surface area contributed by atoms with Gasteiger partial charge in [-0.3, -0.25) is 0 Å². The number of aryl methyl sites for hydroxylation is 1. The van der Waals surface area contributed by atoms with Crippen molar-refractivity contribution in [1.29, 1.82) is 0 Å². The van der Waals surface area contributed by atoms with Gasteiger partial charge in [-0.25, -0.2) is 9.37 Å². The Kier molecular flexibility index (Phi) is 5.22. The average Bonchev–Trinajstić information content (AvgIpc) is 3.05. The van der Waals surface area contributed by atoms with Crippen molar-refractivity contribution in [2.45, 2.75) is 26.2 Å². The minimum Gasteiger partial charge on any atom is -0.237 e. The molecule has 4 heteroatoms. The van der Waals surface area contributed by atoms with Crippen LogP contribution < -0.4 is 0 Å². The number of benzene rings is 2. The van der Waals surface area contributed by atoms with E-state index in [4.69, 9.17) is 4.98 Å².